The number of benzene rings is 4. The molecule has 0 radical (unpaired) electrons. The lowest BCUT2D eigenvalue weighted by molar-refractivity contribution is 0.0693. The summed E-state index contributed by atoms with van der Waals surface area (Å²) in [4.78, 5) is 24.7. The van der Waals surface area contributed by atoms with Crippen LogP contribution < -0.4 is 20.1 Å². The van der Waals surface area contributed by atoms with Crippen molar-refractivity contribution in [3.63, 3.8) is 0 Å². The molecular formula is C31H29FN2O5. The minimum absolute atomic E-state index is 0.00721. The van der Waals surface area contributed by atoms with Crippen LogP contribution in [0.25, 0.3) is 11.1 Å². The highest BCUT2D eigenvalue weighted by Gasteiger charge is 2.21. The fraction of sp³-hybridized carbons (Fsp3) is 0.161. The van der Waals surface area contributed by atoms with Crippen LogP contribution >= 0.6 is 0 Å². The number of amides is 2. The fourth-order valence-corrected chi connectivity index (χ4v) is 4.10. The van der Waals surface area contributed by atoms with Gasteiger partial charge in [0.15, 0.2) is 5.75 Å². The van der Waals surface area contributed by atoms with E-state index >= 15 is 0 Å². The average molecular weight is 529 g/mol. The SMILES string of the molecule is COc1ccc(-c2ccc(Oc3ccccc3C(C)(C)C)c(NC(=O)Nc3cccc(F)c3)c2)cc1C(=O)O. The Balaban J connectivity index is 1.74. The van der Waals surface area contributed by atoms with Crippen molar-refractivity contribution in [2.45, 2.75) is 26.2 Å². The Bertz CT molecular complexity index is 1530. The van der Waals surface area contributed by atoms with Crippen molar-refractivity contribution in [1.82, 2.24) is 0 Å². The molecule has 0 bridgehead atoms. The molecule has 0 heterocycles. The molecule has 0 unspecified atom stereocenters. The van der Waals surface area contributed by atoms with E-state index < -0.39 is 17.8 Å². The van der Waals surface area contributed by atoms with E-state index in [-0.39, 0.29) is 22.4 Å². The van der Waals surface area contributed by atoms with Gasteiger partial charge in [-0.05, 0) is 65.1 Å². The number of rotatable bonds is 7. The van der Waals surface area contributed by atoms with Crippen LogP contribution in [0.1, 0.15) is 36.7 Å². The van der Waals surface area contributed by atoms with Crippen LogP contribution in [0.5, 0.6) is 17.2 Å². The van der Waals surface area contributed by atoms with Gasteiger partial charge in [0.05, 0.1) is 12.8 Å². The molecule has 200 valence electrons. The molecule has 2 amide bonds. The molecule has 0 saturated carbocycles. The van der Waals surface area contributed by atoms with Crippen molar-refractivity contribution in [2.24, 2.45) is 0 Å². The molecular weight excluding hydrogens is 499 g/mol. The summed E-state index contributed by atoms with van der Waals surface area (Å²) in [6, 6.07) is 22.6. The molecule has 39 heavy (non-hydrogen) atoms. The Morgan fingerprint density at radius 2 is 1.49 bits per heavy atom. The van der Waals surface area contributed by atoms with Crippen LogP contribution in [-0.4, -0.2) is 24.2 Å². The maximum absolute atomic E-state index is 13.6. The summed E-state index contributed by atoms with van der Waals surface area (Å²) in [7, 11) is 1.41. The molecule has 0 aliphatic carbocycles. The maximum atomic E-state index is 13.6. The minimum Gasteiger partial charge on any atom is -0.496 e. The molecule has 4 aromatic carbocycles. The second-order valence-electron chi connectivity index (χ2n) is 9.87. The van der Waals surface area contributed by atoms with Gasteiger partial charge in [-0.25, -0.2) is 14.0 Å². The van der Waals surface area contributed by atoms with Crippen LogP contribution in [0, 0.1) is 5.82 Å². The van der Waals surface area contributed by atoms with Gasteiger partial charge in [0.25, 0.3) is 0 Å². The fourth-order valence-electron chi connectivity index (χ4n) is 4.10. The number of halogens is 1. The third-order valence-corrected chi connectivity index (χ3v) is 5.99. The van der Waals surface area contributed by atoms with Crippen molar-refractivity contribution in [3.8, 4) is 28.4 Å². The van der Waals surface area contributed by atoms with Crippen LogP contribution in [0.2, 0.25) is 0 Å². The molecule has 0 aliphatic rings. The summed E-state index contributed by atoms with van der Waals surface area (Å²) >= 11 is 0. The first-order valence-corrected chi connectivity index (χ1v) is 12.2. The molecule has 4 aromatic rings. The second kappa shape index (κ2) is 11.3. The number of hydrogen-bond donors (Lipinski definition) is 3. The standard InChI is InChI=1S/C31H29FN2O5/c1-31(2,3)24-10-5-6-11-27(24)39-28-15-13-20(19-12-14-26(38-4)23(16-19)29(35)36)17-25(28)34-30(37)33-22-9-7-8-21(32)18-22/h5-18H,1-4H3,(H,35,36)(H2,33,34,37). The second-order valence-corrected chi connectivity index (χ2v) is 9.87. The first kappa shape index (κ1) is 27.2. The number of nitrogens with one attached hydrogen (secondary N) is 2. The molecule has 0 aromatic heterocycles. The van der Waals surface area contributed by atoms with Crippen molar-refractivity contribution < 1.29 is 28.6 Å². The van der Waals surface area contributed by atoms with Gasteiger partial charge in [-0.1, -0.05) is 57.2 Å². The monoisotopic (exact) mass is 528 g/mol. The van der Waals surface area contributed by atoms with E-state index in [0.29, 0.717) is 28.3 Å². The number of carbonyl (C=O) groups is 2. The largest absolute Gasteiger partial charge is 0.496 e. The zero-order chi connectivity index (χ0) is 28.2. The number of carboxylic acid groups (broad SMARTS) is 1. The van der Waals surface area contributed by atoms with E-state index in [4.69, 9.17) is 9.47 Å². The number of hydrogen-bond acceptors (Lipinski definition) is 4. The smallest absolute Gasteiger partial charge is 0.339 e. The Morgan fingerprint density at radius 1 is 0.795 bits per heavy atom. The number of carboxylic acids is 1. The van der Waals surface area contributed by atoms with E-state index in [9.17, 15) is 19.1 Å². The molecule has 0 aliphatic heterocycles. The van der Waals surface area contributed by atoms with Crippen molar-refractivity contribution in [2.75, 3.05) is 17.7 Å². The molecule has 3 N–H and O–H groups in total. The van der Waals surface area contributed by atoms with Crippen LogP contribution in [0.3, 0.4) is 0 Å². The average Bonchev–Trinajstić information content (AvgIpc) is 2.89. The highest BCUT2D eigenvalue weighted by Crippen LogP contribution is 2.39. The molecule has 4 rings (SSSR count). The van der Waals surface area contributed by atoms with E-state index in [1.54, 1.807) is 36.4 Å². The first-order valence-electron chi connectivity index (χ1n) is 12.2. The molecule has 0 atom stereocenters. The minimum atomic E-state index is -1.12. The number of methoxy groups -OCH3 is 1. The number of para-hydroxylation sites is 1. The molecule has 0 spiro atoms. The topological polar surface area (TPSA) is 96.9 Å². The van der Waals surface area contributed by atoms with Gasteiger partial charge in [0, 0.05) is 11.3 Å². The Hall–Kier alpha value is -4.85. The number of ether oxygens (including phenoxy) is 2. The van der Waals surface area contributed by atoms with Crippen molar-refractivity contribution in [3.05, 3.63) is 102 Å². The molecule has 8 heteroatoms. The number of urea groups is 1. The Morgan fingerprint density at radius 3 is 2.15 bits per heavy atom. The van der Waals surface area contributed by atoms with Crippen LogP contribution in [0.4, 0.5) is 20.6 Å². The zero-order valence-corrected chi connectivity index (χ0v) is 22.0. The summed E-state index contributed by atoms with van der Waals surface area (Å²) in [6.45, 7) is 6.23. The molecule has 7 nitrogen and oxygen atoms in total. The third-order valence-electron chi connectivity index (χ3n) is 5.99. The number of anilines is 2. The summed E-state index contributed by atoms with van der Waals surface area (Å²) < 4.78 is 25.1. The van der Waals surface area contributed by atoms with Crippen molar-refractivity contribution in [1.29, 1.82) is 0 Å². The highest BCUT2D eigenvalue weighted by molar-refractivity contribution is 6.01. The molecule has 0 saturated heterocycles. The van der Waals surface area contributed by atoms with E-state index in [1.807, 2.05) is 24.3 Å². The third kappa shape index (κ3) is 6.54. The lowest BCUT2D eigenvalue weighted by atomic mass is 9.86. The Labute approximate surface area is 226 Å². The van der Waals surface area contributed by atoms with Gasteiger partial charge in [-0.15, -0.1) is 0 Å². The number of aromatic carboxylic acids is 1. The quantitative estimate of drug-likeness (QED) is 0.226. The summed E-state index contributed by atoms with van der Waals surface area (Å²) in [5.74, 6) is -0.370. The predicted molar refractivity (Wildman–Crippen MR) is 150 cm³/mol. The van der Waals surface area contributed by atoms with Crippen LogP contribution in [0.15, 0.2) is 84.9 Å². The summed E-state index contributed by atoms with van der Waals surface area (Å²) in [5.41, 5.74) is 2.64. The number of carbonyl (C=O) groups excluding carboxylic acids is 1. The predicted octanol–water partition coefficient (Wildman–Crippen LogP) is 7.93. The van der Waals surface area contributed by atoms with E-state index in [1.165, 1.54) is 31.4 Å². The van der Waals surface area contributed by atoms with Gasteiger partial charge in [-0.2, -0.15) is 0 Å². The Kier molecular flexibility index (Phi) is 7.85. The van der Waals surface area contributed by atoms with Gasteiger partial charge >= 0.3 is 12.0 Å². The maximum Gasteiger partial charge on any atom is 0.339 e. The van der Waals surface area contributed by atoms with E-state index in [0.717, 1.165) is 5.56 Å². The van der Waals surface area contributed by atoms with Crippen LogP contribution in [-0.2, 0) is 5.41 Å². The van der Waals surface area contributed by atoms with Gasteiger partial charge in [0.2, 0.25) is 0 Å². The first-order chi connectivity index (χ1) is 18.5. The normalized spacial score (nSPS) is 11.0. The van der Waals surface area contributed by atoms with Crippen molar-refractivity contribution >= 4 is 23.4 Å². The van der Waals surface area contributed by atoms with Gasteiger partial charge in [0.1, 0.15) is 22.9 Å². The van der Waals surface area contributed by atoms with Gasteiger partial charge in [-0.3, -0.25) is 0 Å². The van der Waals surface area contributed by atoms with Gasteiger partial charge < -0.3 is 25.2 Å². The summed E-state index contributed by atoms with van der Waals surface area (Å²) in [5, 5.41) is 15.0. The lowest BCUT2D eigenvalue weighted by Gasteiger charge is -2.23. The zero-order valence-electron chi connectivity index (χ0n) is 22.0. The lowest BCUT2D eigenvalue weighted by Crippen LogP contribution is -2.20. The highest BCUT2D eigenvalue weighted by atomic mass is 19.1. The van der Waals surface area contributed by atoms with E-state index in [2.05, 4.69) is 31.4 Å². The summed E-state index contributed by atoms with van der Waals surface area (Å²) in [6.07, 6.45) is 0. The molecule has 0 fully saturated rings.